The van der Waals surface area contributed by atoms with Gasteiger partial charge in [-0.15, -0.1) is 4.39 Å². The fourth-order valence-electron chi connectivity index (χ4n) is 4.27. The summed E-state index contributed by atoms with van der Waals surface area (Å²) in [5.41, 5.74) is 0.688. The fourth-order valence-corrected chi connectivity index (χ4v) is 13.2. The Balaban J connectivity index is 4.30. The molecule has 0 aromatic heterocycles. The first-order chi connectivity index (χ1) is 11.2. The first-order valence-corrected chi connectivity index (χ1v) is 20.6. The molecule has 142 valence electrons. The van der Waals surface area contributed by atoms with E-state index in [1.54, 1.807) is 18.1 Å². The summed E-state index contributed by atoms with van der Waals surface area (Å²) in [4.78, 5) is 10.2. The van der Waals surface area contributed by atoms with E-state index < -0.39 is 32.6 Å². The molecule has 1 N–H and O–H groups in total. The minimum Gasteiger partial charge on any atom is -0.328 e. The van der Waals surface area contributed by atoms with E-state index in [-0.39, 0.29) is 0 Å². The van der Waals surface area contributed by atoms with Crippen LogP contribution in [0.4, 0.5) is 9.18 Å². The van der Waals surface area contributed by atoms with E-state index in [0.717, 1.165) is 22.0 Å². The lowest BCUT2D eigenvalue weighted by Crippen LogP contribution is -2.32. The Morgan fingerprint density at radius 1 is 0.917 bits per heavy atom. The molecule has 0 aliphatic rings. The molecule has 0 atom stereocenters. The van der Waals surface area contributed by atoms with Crippen LogP contribution in [-0.4, -0.2) is 48.6 Å². The summed E-state index contributed by atoms with van der Waals surface area (Å²) in [6, 6.07) is 7.10. The van der Waals surface area contributed by atoms with Gasteiger partial charge in [-0.25, -0.2) is 4.79 Å². The molecule has 0 heterocycles. The number of hydrogen-bond acceptors (Lipinski definition) is 1. The van der Waals surface area contributed by atoms with Crippen LogP contribution in [0.2, 0.25) is 69.5 Å². The highest BCUT2D eigenvalue weighted by molar-refractivity contribution is 6.59. The van der Waals surface area contributed by atoms with Crippen LogP contribution in [0.25, 0.3) is 0 Å². The van der Waals surface area contributed by atoms with Crippen LogP contribution in [0.1, 0.15) is 19.3 Å². The Bertz CT molecular complexity index is 314. The van der Waals surface area contributed by atoms with Gasteiger partial charge in [-0.1, -0.05) is 75.9 Å². The number of rotatable bonds is 14. The Morgan fingerprint density at radius 3 is 1.79 bits per heavy atom. The molecule has 0 fully saturated rings. The van der Waals surface area contributed by atoms with E-state index in [1.807, 2.05) is 0 Å². The summed E-state index contributed by atoms with van der Waals surface area (Å²) < 4.78 is 12.0. The molecule has 1 amide bonds. The number of nitrogens with one attached hydrogen (secondary N) is 1. The monoisotopic (exact) mass is 405 g/mol. The molecule has 2 nitrogen and oxygen atoms in total. The lowest BCUT2D eigenvalue weighted by Gasteiger charge is -2.38. The molecular weight excluding hydrogens is 366 g/mol. The van der Waals surface area contributed by atoms with Gasteiger partial charge in [0.2, 0.25) is 0 Å². The first kappa shape index (κ1) is 24.3. The Kier molecular flexibility index (Phi) is 13.6. The Hall–Kier alpha value is 0.268. The van der Waals surface area contributed by atoms with Gasteiger partial charge in [0.05, 0.1) is 0 Å². The molecule has 0 aromatic rings. The molecule has 0 bridgehead atoms. The summed E-state index contributed by atoms with van der Waals surface area (Å²) in [5.74, 6) is 0. The van der Waals surface area contributed by atoms with Crippen LogP contribution in [0.5, 0.6) is 0 Å². The smallest absolute Gasteiger partial charge is 0.328 e. The molecule has 2 radical (unpaired) electrons. The normalized spacial score (nSPS) is 12.4. The summed E-state index contributed by atoms with van der Waals surface area (Å²) in [6.45, 7) is 15.7. The highest BCUT2D eigenvalue weighted by Crippen LogP contribution is 2.42. The van der Waals surface area contributed by atoms with Gasteiger partial charge in [0.15, 0.2) is 0 Å². The second kappa shape index (κ2) is 13.5. The van der Waals surface area contributed by atoms with E-state index in [9.17, 15) is 9.18 Å². The summed E-state index contributed by atoms with van der Waals surface area (Å²) in [7, 11) is -0.610. The van der Waals surface area contributed by atoms with Crippen LogP contribution < -0.4 is 5.32 Å². The van der Waals surface area contributed by atoms with Crippen molar-refractivity contribution in [2.75, 3.05) is 6.54 Å². The molecule has 0 aliphatic carbocycles. The standard InChI is InChI=1S/C17H40FNOSi4/c1-22(2)13-17(14-23(3)4,15-24(5)6)9-7-11-21-12-8-10-19-16(18)20/h22-24H,7-15H2,1-6H3,(H,19,20). The largest absolute Gasteiger partial charge is 0.397 e. The molecule has 0 aliphatic heterocycles. The van der Waals surface area contributed by atoms with Crippen molar-refractivity contribution in [1.29, 1.82) is 0 Å². The van der Waals surface area contributed by atoms with Gasteiger partial charge in [0, 0.05) is 42.5 Å². The van der Waals surface area contributed by atoms with Gasteiger partial charge in [-0.05, 0) is 18.3 Å². The van der Waals surface area contributed by atoms with Crippen molar-refractivity contribution in [1.82, 2.24) is 5.32 Å². The van der Waals surface area contributed by atoms with E-state index >= 15 is 0 Å². The first-order valence-electron chi connectivity index (χ1n) is 9.81. The number of carbonyl (C=O) groups excluding carboxylic acids is 1. The van der Waals surface area contributed by atoms with E-state index in [2.05, 4.69) is 44.6 Å². The molecule has 0 saturated carbocycles. The zero-order valence-corrected chi connectivity index (χ0v) is 21.3. The molecule has 0 aromatic carbocycles. The maximum Gasteiger partial charge on any atom is 0.397 e. The van der Waals surface area contributed by atoms with E-state index in [0.29, 0.717) is 12.0 Å². The topological polar surface area (TPSA) is 29.1 Å². The van der Waals surface area contributed by atoms with Crippen molar-refractivity contribution in [2.24, 2.45) is 5.41 Å². The van der Waals surface area contributed by atoms with Crippen LogP contribution in [0.15, 0.2) is 0 Å². The lowest BCUT2D eigenvalue weighted by atomic mass is 9.89. The number of amides is 1. The van der Waals surface area contributed by atoms with Gasteiger partial charge < -0.3 is 5.32 Å². The average Bonchev–Trinajstić information content (AvgIpc) is 2.38. The van der Waals surface area contributed by atoms with Crippen molar-refractivity contribution in [3.63, 3.8) is 0 Å². The molecule has 7 heteroatoms. The minimum absolute atomic E-state index is 0.489. The molecule has 0 saturated heterocycles. The average molecular weight is 406 g/mol. The molecular formula is C17H40FNOSi4. The third-order valence-electron chi connectivity index (χ3n) is 4.38. The zero-order chi connectivity index (χ0) is 18.6. The third-order valence-corrected chi connectivity index (χ3v) is 10.8. The molecule has 0 rings (SSSR count). The van der Waals surface area contributed by atoms with Crippen molar-refractivity contribution in [3.8, 4) is 0 Å². The van der Waals surface area contributed by atoms with Gasteiger partial charge in [-0.3, -0.25) is 0 Å². The quantitative estimate of drug-likeness (QED) is 0.191. The number of hydrogen-bond donors (Lipinski definition) is 1. The fraction of sp³-hybridized carbons (Fsp3) is 0.941. The predicted octanol–water partition coefficient (Wildman–Crippen LogP) is 4.82. The van der Waals surface area contributed by atoms with Crippen molar-refractivity contribution < 1.29 is 9.18 Å². The predicted molar refractivity (Wildman–Crippen MR) is 117 cm³/mol. The van der Waals surface area contributed by atoms with Crippen LogP contribution >= 0.6 is 0 Å². The SMILES string of the molecule is C[SiH](C)CC(CCC[Si]CCCNC(=O)F)(C[SiH](C)C)C[SiH](C)C. The van der Waals surface area contributed by atoms with Crippen LogP contribution in [-0.2, 0) is 0 Å². The summed E-state index contributed by atoms with van der Waals surface area (Å²) in [6.07, 6.45) is 2.34. The molecule has 0 unspecified atom stereocenters. The Labute approximate surface area is 157 Å². The van der Waals surface area contributed by atoms with Crippen LogP contribution in [0, 0.1) is 5.41 Å². The molecule has 24 heavy (non-hydrogen) atoms. The highest BCUT2D eigenvalue weighted by Gasteiger charge is 2.32. The van der Waals surface area contributed by atoms with Gasteiger partial charge in [0.25, 0.3) is 0 Å². The van der Waals surface area contributed by atoms with Gasteiger partial charge in [0.1, 0.15) is 0 Å². The molecule has 0 spiro atoms. The second-order valence-electron chi connectivity index (χ2n) is 8.70. The van der Waals surface area contributed by atoms with Crippen molar-refractivity contribution in [3.05, 3.63) is 0 Å². The minimum atomic E-state index is -1.39. The summed E-state index contributed by atoms with van der Waals surface area (Å²) in [5, 5.41) is 2.24. The van der Waals surface area contributed by atoms with Gasteiger partial charge in [-0.2, -0.15) is 0 Å². The van der Waals surface area contributed by atoms with Crippen molar-refractivity contribution >= 4 is 42.1 Å². The van der Waals surface area contributed by atoms with Crippen LogP contribution in [0.3, 0.4) is 0 Å². The lowest BCUT2D eigenvalue weighted by molar-refractivity contribution is 0.221. The number of carbonyl (C=O) groups is 1. The Morgan fingerprint density at radius 2 is 1.38 bits per heavy atom. The maximum absolute atomic E-state index is 12.0. The maximum atomic E-state index is 12.0. The van der Waals surface area contributed by atoms with Gasteiger partial charge >= 0.3 is 6.16 Å². The third kappa shape index (κ3) is 13.5. The van der Waals surface area contributed by atoms with E-state index in [1.165, 1.54) is 18.9 Å². The van der Waals surface area contributed by atoms with Crippen molar-refractivity contribution in [2.45, 2.75) is 88.8 Å². The summed E-state index contributed by atoms with van der Waals surface area (Å²) >= 11 is 0. The number of halogens is 1. The second-order valence-corrected chi connectivity index (χ2v) is 19.8. The zero-order valence-electron chi connectivity index (χ0n) is 16.9. The highest BCUT2D eigenvalue weighted by atomic mass is 28.3. The van der Waals surface area contributed by atoms with E-state index in [4.69, 9.17) is 0 Å².